The number of anilines is 3. The van der Waals surface area contributed by atoms with Gasteiger partial charge in [0.25, 0.3) is 5.91 Å². The van der Waals surface area contributed by atoms with Crippen molar-refractivity contribution in [1.29, 1.82) is 0 Å². The van der Waals surface area contributed by atoms with Crippen molar-refractivity contribution in [2.24, 2.45) is 0 Å². The van der Waals surface area contributed by atoms with Crippen LogP contribution >= 0.6 is 34.8 Å². The molecule has 0 aliphatic carbocycles. The van der Waals surface area contributed by atoms with Gasteiger partial charge < -0.3 is 16.0 Å². The van der Waals surface area contributed by atoms with E-state index in [2.05, 4.69) is 10.2 Å². The van der Waals surface area contributed by atoms with Gasteiger partial charge in [-0.25, -0.2) is 0 Å². The zero-order chi connectivity index (χ0) is 17.3. The highest BCUT2D eigenvalue weighted by atomic mass is 35.5. The summed E-state index contributed by atoms with van der Waals surface area (Å²) >= 11 is 18.3. The molecule has 1 fully saturated rings. The summed E-state index contributed by atoms with van der Waals surface area (Å²) in [5.41, 5.74) is 8.34. The normalized spacial score (nSPS) is 14.0. The lowest BCUT2D eigenvalue weighted by molar-refractivity contribution is 0.102. The smallest absolute Gasteiger partial charge is 0.257 e. The Labute approximate surface area is 155 Å². The quantitative estimate of drug-likeness (QED) is 0.725. The molecule has 3 N–H and O–H groups in total. The monoisotopic (exact) mass is 383 g/mol. The maximum atomic E-state index is 12.5. The summed E-state index contributed by atoms with van der Waals surface area (Å²) in [5, 5.41) is 3.92. The Morgan fingerprint density at radius 1 is 1.04 bits per heavy atom. The number of halogens is 3. The van der Waals surface area contributed by atoms with E-state index in [1.54, 1.807) is 24.3 Å². The lowest BCUT2D eigenvalue weighted by atomic mass is 10.2. The third-order valence-corrected chi connectivity index (χ3v) is 4.86. The first-order valence-corrected chi connectivity index (χ1v) is 8.69. The molecule has 24 heavy (non-hydrogen) atoms. The second-order valence-electron chi connectivity index (χ2n) is 5.66. The zero-order valence-corrected chi connectivity index (χ0v) is 15.0. The van der Waals surface area contributed by atoms with E-state index in [4.69, 9.17) is 40.5 Å². The van der Waals surface area contributed by atoms with E-state index in [0.29, 0.717) is 32.0 Å². The Balaban J connectivity index is 1.90. The maximum Gasteiger partial charge on any atom is 0.257 e. The summed E-state index contributed by atoms with van der Waals surface area (Å²) in [6, 6.07) is 8.19. The average Bonchev–Trinajstić information content (AvgIpc) is 3.06. The number of hydrogen-bond acceptors (Lipinski definition) is 3. The minimum absolute atomic E-state index is 0.291. The topological polar surface area (TPSA) is 58.4 Å². The molecule has 1 heterocycles. The third kappa shape index (κ3) is 3.56. The number of nitrogens with one attached hydrogen (secondary N) is 1. The molecule has 0 atom stereocenters. The molecular formula is C17H16Cl3N3O. The number of amides is 1. The molecule has 0 aromatic heterocycles. The molecule has 2 aromatic rings. The molecule has 3 rings (SSSR count). The van der Waals surface area contributed by atoms with Gasteiger partial charge >= 0.3 is 0 Å². The number of nitrogen functional groups attached to an aromatic ring is 1. The van der Waals surface area contributed by atoms with Crippen molar-refractivity contribution in [3.8, 4) is 0 Å². The van der Waals surface area contributed by atoms with Gasteiger partial charge in [0.1, 0.15) is 0 Å². The molecule has 4 nitrogen and oxygen atoms in total. The molecule has 0 bridgehead atoms. The highest BCUT2D eigenvalue weighted by Gasteiger charge is 2.19. The van der Waals surface area contributed by atoms with Crippen LogP contribution in [0.5, 0.6) is 0 Å². The van der Waals surface area contributed by atoms with E-state index in [1.165, 1.54) is 6.07 Å². The molecule has 0 saturated carbocycles. The molecule has 126 valence electrons. The molecule has 1 aliphatic rings. The van der Waals surface area contributed by atoms with Crippen molar-refractivity contribution in [3.05, 3.63) is 51.0 Å². The summed E-state index contributed by atoms with van der Waals surface area (Å²) in [5.74, 6) is -0.374. The number of rotatable bonds is 3. The van der Waals surface area contributed by atoms with E-state index >= 15 is 0 Å². The fourth-order valence-corrected chi connectivity index (χ4v) is 3.36. The van der Waals surface area contributed by atoms with Gasteiger partial charge in [-0.3, -0.25) is 4.79 Å². The molecule has 1 aliphatic heterocycles. The van der Waals surface area contributed by atoms with Gasteiger partial charge in [-0.1, -0.05) is 34.8 Å². The van der Waals surface area contributed by atoms with Crippen LogP contribution < -0.4 is 16.0 Å². The lowest BCUT2D eigenvalue weighted by Crippen LogP contribution is -2.20. The molecule has 0 unspecified atom stereocenters. The third-order valence-electron chi connectivity index (χ3n) is 3.98. The first-order valence-electron chi connectivity index (χ1n) is 7.56. The van der Waals surface area contributed by atoms with E-state index in [0.717, 1.165) is 31.6 Å². The summed E-state index contributed by atoms with van der Waals surface area (Å²) in [4.78, 5) is 14.7. The lowest BCUT2D eigenvalue weighted by Gasteiger charge is -2.21. The molecule has 7 heteroatoms. The van der Waals surface area contributed by atoms with Crippen molar-refractivity contribution in [1.82, 2.24) is 0 Å². The number of nitrogens with zero attached hydrogens (tertiary/aromatic N) is 1. The summed E-state index contributed by atoms with van der Waals surface area (Å²) < 4.78 is 0. The molecule has 1 saturated heterocycles. The van der Waals surface area contributed by atoms with E-state index < -0.39 is 0 Å². The van der Waals surface area contributed by atoms with Crippen LogP contribution in [0.4, 0.5) is 17.1 Å². The summed E-state index contributed by atoms with van der Waals surface area (Å²) in [6.07, 6.45) is 2.25. The fraction of sp³-hybridized carbons (Fsp3) is 0.235. The van der Waals surface area contributed by atoms with Crippen molar-refractivity contribution in [2.45, 2.75) is 12.8 Å². The highest BCUT2D eigenvalue weighted by Crippen LogP contribution is 2.35. The predicted octanol–water partition coefficient (Wildman–Crippen LogP) is 5.08. The standard InChI is InChI=1S/C17H16Cl3N3O/c18-10-3-4-12(19)11(7-10)17(24)22-15-9-16(14(21)8-13(15)20)23-5-1-2-6-23/h3-4,7-9H,1-2,5-6,21H2,(H,22,24). The predicted molar refractivity (Wildman–Crippen MR) is 102 cm³/mol. The number of carbonyl (C=O) groups is 1. The van der Waals surface area contributed by atoms with Crippen molar-refractivity contribution < 1.29 is 4.79 Å². The maximum absolute atomic E-state index is 12.5. The Kier molecular flexibility index (Phi) is 5.09. The van der Waals surface area contributed by atoms with Gasteiger partial charge in [-0.15, -0.1) is 0 Å². The average molecular weight is 385 g/mol. The SMILES string of the molecule is Nc1cc(Cl)c(NC(=O)c2cc(Cl)ccc2Cl)cc1N1CCCC1. The summed E-state index contributed by atoms with van der Waals surface area (Å²) in [6.45, 7) is 1.89. The Morgan fingerprint density at radius 3 is 2.46 bits per heavy atom. The number of carbonyl (C=O) groups excluding carboxylic acids is 1. The zero-order valence-electron chi connectivity index (χ0n) is 12.8. The van der Waals surface area contributed by atoms with Crippen molar-refractivity contribution in [2.75, 3.05) is 29.0 Å². The minimum atomic E-state index is -0.374. The van der Waals surface area contributed by atoms with Crippen LogP contribution in [-0.4, -0.2) is 19.0 Å². The Hall–Kier alpha value is -1.62. The van der Waals surface area contributed by atoms with Gasteiger partial charge in [0, 0.05) is 18.1 Å². The van der Waals surface area contributed by atoms with Crippen molar-refractivity contribution >= 4 is 57.8 Å². The molecule has 2 aromatic carbocycles. The largest absolute Gasteiger partial charge is 0.397 e. The van der Waals surface area contributed by atoms with E-state index in [9.17, 15) is 4.79 Å². The molecular weight excluding hydrogens is 369 g/mol. The second-order valence-corrected chi connectivity index (χ2v) is 6.91. The molecule has 1 amide bonds. The van der Waals surface area contributed by atoms with Gasteiger partial charge in [0.15, 0.2) is 0 Å². The highest BCUT2D eigenvalue weighted by molar-refractivity contribution is 6.37. The van der Waals surface area contributed by atoms with Crippen LogP contribution in [0.15, 0.2) is 30.3 Å². The van der Waals surface area contributed by atoms with Gasteiger partial charge in [0.2, 0.25) is 0 Å². The molecule has 0 radical (unpaired) electrons. The first-order chi connectivity index (χ1) is 11.5. The number of benzene rings is 2. The minimum Gasteiger partial charge on any atom is -0.397 e. The number of hydrogen-bond donors (Lipinski definition) is 2. The van der Waals surface area contributed by atoms with Crippen LogP contribution in [0.1, 0.15) is 23.2 Å². The van der Waals surface area contributed by atoms with Gasteiger partial charge in [0.05, 0.1) is 32.7 Å². The van der Waals surface area contributed by atoms with Crippen molar-refractivity contribution in [3.63, 3.8) is 0 Å². The summed E-state index contributed by atoms with van der Waals surface area (Å²) in [7, 11) is 0. The Morgan fingerprint density at radius 2 is 1.75 bits per heavy atom. The number of nitrogens with two attached hydrogens (primary N) is 1. The van der Waals surface area contributed by atoms with Gasteiger partial charge in [-0.2, -0.15) is 0 Å². The first kappa shape index (κ1) is 17.2. The fourth-order valence-electron chi connectivity index (χ4n) is 2.77. The van der Waals surface area contributed by atoms with E-state index in [1.807, 2.05) is 0 Å². The van der Waals surface area contributed by atoms with Crippen LogP contribution in [0, 0.1) is 0 Å². The van der Waals surface area contributed by atoms with Crippen LogP contribution in [-0.2, 0) is 0 Å². The molecule has 0 spiro atoms. The second kappa shape index (κ2) is 7.09. The van der Waals surface area contributed by atoms with Crippen LogP contribution in [0.3, 0.4) is 0 Å². The Bertz CT molecular complexity index is 789. The van der Waals surface area contributed by atoms with Crippen LogP contribution in [0.2, 0.25) is 15.1 Å². The van der Waals surface area contributed by atoms with Gasteiger partial charge in [-0.05, 0) is 43.2 Å². The van der Waals surface area contributed by atoms with Crippen LogP contribution in [0.25, 0.3) is 0 Å². The van der Waals surface area contributed by atoms with E-state index in [-0.39, 0.29) is 5.91 Å².